The lowest BCUT2D eigenvalue weighted by Gasteiger charge is -2.11. The molecule has 0 heterocycles. The molecule has 0 fully saturated rings. The quantitative estimate of drug-likeness (QED) is 0.632. The molecule has 0 radical (unpaired) electrons. The van der Waals surface area contributed by atoms with Gasteiger partial charge in [-0.05, 0) is 41.8 Å². The van der Waals surface area contributed by atoms with Crippen LogP contribution in [0.15, 0.2) is 42.5 Å². The molecular formula is C17H20N2O2. The fourth-order valence-corrected chi connectivity index (χ4v) is 2.07. The third kappa shape index (κ3) is 3.75. The Morgan fingerprint density at radius 1 is 1.14 bits per heavy atom. The molecule has 0 amide bonds. The molecule has 4 heteroatoms. The van der Waals surface area contributed by atoms with Crippen molar-refractivity contribution in [2.45, 2.75) is 20.0 Å². The molecule has 0 aromatic heterocycles. The van der Waals surface area contributed by atoms with E-state index in [1.165, 1.54) is 5.56 Å². The maximum absolute atomic E-state index is 7.50. The SMILES string of the molecule is CCc1cccc(OCc2ccc(C(=N)N)c(OC)c2)c1. The van der Waals surface area contributed by atoms with Crippen LogP contribution in [0.1, 0.15) is 23.6 Å². The maximum Gasteiger partial charge on any atom is 0.130 e. The Labute approximate surface area is 125 Å². The third-order valence-electron chi connectivity index (χ3n) is 3.27. The molecular weight excluding hydrogens is 264 g/mol. The highest BCUT2D eigenvalue weighted by molar-refractivity contribution is 5.97. The predicted octanol–water partition coefficient (Wildman–Crippen LogP) is 3.12. The fourth-order valence-electron chi connectivity index (χ4n) is 2.07. The number of nitrogens with two attached hydrogens (primary N) is 1. The van der Waals surface area contributed by atoms with E-state index >= 15 is 0 Å². The summed E-state index contributed by atoms with van der Waals surface area (Å²) in [6, 6.07) is 13.6. The van der Waals surface area contributed by atoms with Gasteiger partial charge in [0.25, 0.3) is 0 Å². The number of methoxy groups -OCH3 is 1. The van der Waals surface area contributed by atoms with Crippen LogP contribution in [0.3, 0.4) is 0 Å². The van der Waals surface area contributed by atoms with Crippen LogP contribution in [0.4, 0.5) is 0 Å². The summed E-state index contributed by atoms with van der Waals surface area (Å²) < 4.78 is 11.1. The summed E-state index contributed by atoms with van der Waals surface area (Å²) in [5.74, 6) is 1.44. The van der Waals surface area contributed by atoms with Crippen LogP contribution < -0.4 is 15.2 Å². The van der Waals surface area contributed by atoms with E-state index in [9.17, 15) is 0 Å². The second-order valence-electron chi connectivity index (χ2n) is 4.74. The topological polar surface area (TPSA) is 68.3 Å². The molecule has 2 rings (SSSR count). The minimum atomic E-state index is -0.00466. The van der Waals surface area contributed by atoms with Crippen molar-refractivity contribution >= 4 is 5.84 Å². The molecule has 0 saturated carbocycles. The lowest BCUT2D eigenvalue weighted by Crippen LogP contribution is -2.12. The van der Waals surface area contributed by atoms with Crippen LogP contribution in [-0.2, 0) is 13.0 Å². The minimum Gasteiger partial charge on any atom is -0.496 e. The zero-order chi connectivity index (χ0) is 15.2. The Morgan fingerprint density at radius 2 is 1.95 bits per heavy atom. The van der Waals surface area contributed by atoms with Gasteiger partial charge in [0.15, 0.2) is 0 Å². The summed E-state index contributed by atoms with van der Waals surface area (Å²) in [6.45, 7) is 2.56. The zero-order valence-electron chi connectivity index (χ0n) is 12.3. The van der Waals surface area contributed by atoms with Crippen molar-refractivity contribution in [3.63, 3.8) is 0 Å². The number of benzene rings is 2. The summed E-state index contributed by atoms with van der Waals surface area (Å²) >= 11 is 0. The highest BCUT2D eigenvalue weighted by atomic mass is 16.5. The smallest absolute Gasteiger partial charge is 0.130 e. The van der Waals surface area contributed by atoms with Gasteiger partial charge >= 0.3 is 0 Å². The first-order chi connectivity index (χ1) is 10.1. The Morgan fingerprint density at radius 3 is 2.62 bits per heavy atom. The lowest BCUT2D eigenvalue weighted by molar-refractivity contribution is 0.305. The molecule has 0 atom stereocenters. The first-order valence-corrected chi connectivity index (χ1v) is 6.87. The van der Waals surface area contributed by atoms with E-state index in [1.807, 2.05) is 30.3 Å². The van der Waals surface area contributed by atoms with Gasteiger partial charge in [0.05, 0.1) is 12.7 Å². The number of aryl methyl sites for hydroxylation is 1. The van der Waals surface area contributed by atoms with E-state index in [2.05, 4.69) is 13.0 Å². The van der Waals surface area contributed by atoms with Crippen molar-refractivity contribution in [2.75, 3.05) is 7.11 Å². The minimum absolute atomic E-state index is 0.00466. The fraction of sp³-hybridized carbons (Fsp3) is 0.235. The van der Waals surface area contributed by atoms with Crippen LogP contribution in [0.5, 0.6) is 11.5 Å². The molecule has 2 aromatic carbocycles. The van der Waals surface area contributed by atoms with Gasteiger partial charge in [0, 0.05) is 0 Å². The molecule has 0 spiro atoms. The Bertz CT molecular complexity index is 638. The van der Waals surface area contributed by atoms with Crippen molar-refractivity contribution in [3.8, 4) is 11.5 Å². The van der Waals surface area contributed by atoms with Crippen molar-refractivity contribution in [2.24, 2.45) is 5.73 Å². The van der Waals surface area contributed by atoms with E-state index in [0.717, 1.165) is 17.7 Å². The Hall–Kier alpha value is -2.49. The molecule has 0 bridgehead atoms. The molecule has 4 nitrogen and oxygen atoms in total. The van der Waals surface area contributed by atoms with Gasteiger partial charge in [-0.15, -0.1) is 0 Å². The standard InChI is InChI=1S/C17H20N2O2/c1-3-12-5-4-6-14(9-12)21-11-13-7-8-15(17(18)19)16(10-13)20-2/h4-10H,3,11H2,1-2H3,(H3,18,19). The molecule has 0 saturated heterocycles. The molecule has 21 heavy (non-hydrogen) atoms. The molecule has 110 valence electrons. The van der Waals surface area contributed by atoms with Crippen LogP contribution in [0, 0.1) is 5.41 Å². The predicted molar refractivity (Wildman–Crippen MR) is 84.2 cm³/mol. The maximum atomic E-state index is 7.50. The lowest BCUT2D eigenvalue weighted by atomic mass is 10.1. The van der Waals surface area contributed by atoms with Gasteiger partial charge in [-0.1, -0.05) is 25.1 Å². The summed E-state index contributed by atoms with van der Waals surface area (Å²) in [7, 11) is 1.57. The molecule has 0 unspecified atom stereocenters. The van der Waals surface area contributed by atoms with E-state index < -0.39 is 0 Å². The average molecular weight is 284 g/mol. The number of nitrogen functional groups attached to an aromatic ring is 1. The normalized spacial score (nSPS) is 10.2. The van der Waals surface area contributed by atoms with E-state index in [1.54, 1.807) is 13.2 Å². The highest BCUT2D eigenvalue weighted by Crippen LogP contribution is 2.21. The Balaban J connectivity index is 2.11. The van der Waals surface area contributed by atoms with Gasteiger partial charge < -0.3 is 15.2 Å². The molecule has 0 aliphatic heterocycles. The third-order valence-corrected chi connectivity index (χ3v) is 3.27. The summed E-state index contributed by atoms with van der Waals surface area (Å²) in [5, 5.41) is 7.50. The second kappa shape index (κ2) is 6.79. The monoisotopic (exact) mass is 284 g/mol. The van der Waals surface area contributed by atoms with E-state index in [-0.39, 0.29) is 5.84 Å². The number of ether oxygens (including phenoxy) is 2. The van der Waals surface area contributed by atoms with E-state index in [0.29, 0.717) is 17.9 Å². The van der Waals surface area contributed by atoms with Crippen molar-refractivity contribution < 1.29 is 9.47 Å². The van der Waals surface area contributed by atoms with Crippen molar-refractivity contribution in [3.05, 3.63) is 59.2 Å². The zero-order valence-corrected chi connectivity index (χ0v) is 12.3. The first kappa shape index (κ1) is 14.9. The number of amidine groups is 1. The number of nitrogens with one attached hydrogen (secondary N) is 1. The van der Waals surface area contributed by atoms with Gasteiger partial charge in [-0.3, -0.25) is 5.41 Å². The largest absolute Gasteiger partial charge is 0.496 e. The molecule has 0 aliphatic carbocycles. The summed E-state index contributed by atoms with van der Waals surface area (Å²) in [6.07, 6.45) is 0.984. The summed E-state index contributed by atoms with van der Waals surface area (Å²) in [5.41, 5.74) is 8.32. The van der Waals surface area contributed by atoms with Gasteiger partial charge in [-0.25, -0.2) is 0 Å². The first-order valence-electron chi connectivity index (χ1n) is 6.87. The van der Waals surface area contributed by atoms with Crippen LogP contribution in [-0.4, -0.2) is 12.9 Å². The highest BCUT2D eigenvalue weighted by Gasteiger charge is 2.07. The Kier molecular flexibility index (Phi) is 4.82. The van der Waals surface area contributed by atoms with Crippen LogP contribution >= 0.6 is 0 Å². The second-order valence-corrected chi connectivity index (χ2v) is 4.74. The summed E-state index contributed by atoms with van der Waals surface area (Å²) in [4.78, 5) is 0. The van der Waals surface area contributed by atoms with Crippen LogP contribution in [0.25, 0.3) is 0 Å². The van der Waals surface area contributed by atoms with E-state index in [4.69, 9.17) is 20.6 Å². The van der Waals surface area contributed by atoms with Gasteiger partial charge in [0.1, 0.15) is 23.9 Å². The molecule has 0 aliphatic rings. The average Bonchev–Trinajstić information content (AvgIpc) is 2.52. The van der Waals surface area contributed by atoms with Crippen molar-refractivity contribution in [1.82, 2.24) is 0 Å². The molecule has 2 aromatic rings. The number of hydrogen-bond donors (Lipinski definition) is 2. The van der Waals surface area contributed by atoms with Crippen LogP contribution in [0.2, 0.25) is 0 Å². The van der Waals surface area contributed by atoms with Gasteiger partial charge in [0.2, 0.25) is 0 Å². The van der Waals surface area contributed by atoms with Gasteiger partial charge in [-0.2, -0.15) is 0 Å². The number of hydrogen-bond acceptors (Lipinski definition) is 3. The molecule has 3 N–H and O–H groups in total. The van der Waals surface area contributed by atoms with Crippen molar-refractivity contribution in [1.29, 1.82) is 5.41 Å². The number of rotatable bonds is 6.